The van der Waals surface area contributed by atoms with E-state index in [-0.39, 0.29) is 0 Å². The maximum Gasteiger partial charge on any atom is 0.522 e. The highest BCUT2D eigenvalue weighted by atomic mass is 32.2. The van der Waals surface area contributed by atoms with E-state index in [9.17, 15) is 13.2 Å². The van der Waals surface area contributed by atoms with Crippen molar-refractivity contribution in [1.82, 2.24) is 20.2 Å². The number of hydrogen-bond acceptors (Lipinski definition) is 5. The number of rotatable bonds is 0. The van der Waals surface area contributed by atoms with Crippen molar-refractivity contribution in [3.63, 3.8) is 0 Å². The number of hydrogen-bond donors (Lipinski definition) is 2. The van der Waals surface area contributed by atoms with E-state index in [0.29, 0.717) is 0 Å². The van der Waals surface area contributed by atoms with Gasteiger partial charge in [-0.2, -0.15) is 26.7 Å². The Morgan fingerprint density at radius 2 is 1.88 bits per heavy atom. The van der Waals surface area contributed by atoms with E-state index in [1.54, 1.807) is 12.4 Å². The van der Waals surface area contributed by atoms with Crippen molar-refractivity contribution >= 4 is 21.2 Å². The number of nitrogens with one attached hydrogen (secondary N) is 1. The lowest BCUT2D eigenvalue weighted by Gasteiger charge is -1.97. The summed E-state index contributed by atoms with van der Waals surface area (Å²) in [7, 11) is -5.84. The van der Waals surface area contributed by atoms with Crippen LogP contribution in [0.15, 0.2) is 18.7 Å². The van der Waals surface area contributed by atoms with Crippen LogP contribution >= 0.6 is 0 Å². The molecule has 11 heteroatoms. The van der Waals surface area contributed by atoms with Gasteiger partial charge >= 0.3 is 15.6 Å². The third-order valence-electron chi connectivity index (χ3n) is 1.41. The van der Waals surface area contributed by atoms with Crippen LogP contribution in [0.1, 0.15) is 0 Å². The zero-order valence-corrected chi connectivity index (χ0v) is 8.70. The third-order valence-corrected chi connectivity index (χ3v) is 1.99. The van der Waals surface area contributed by atoms with Crippen molar-refractivity contribution in [2.75, 3.05) is 0 Å². The largest absolute Gasteiger partial charge is 0.522 e. The molecule has 0 aliphatic rings. The van der Waals surface area contributed by atoms with Crippen molar-refractivity contribution in [1.29, 1.82) is 0 Å². The molecule has 94 valence electrons. The second-order valence-electron chi connectivity index (χ2n) is 2.61. The topological polar surface area (TPSA) is 109 Å². The molecule has 0 amide bonds. The molecule has 0 saturated carbocycles. The van der Waals surface area contributed by atoms with Crippen molar-refractivity contribution in [2.45, 2.75) is 5.51 Å². The summed E-state index contributed by atoms with van der Waals surface area (Å²) in [6, 6.07) is 0. The fourth-order valence-corrected chi connectivity index (χ4v) is 0.691. The Bertz CT molecular complexity index is 564. The van der Waals surface area contributed by atoms with E-state index >= 15 is 0 Å². The van der Waals surface area contributed by atoms with Gasteiger partial charge in [-0.3, -0.25) is 9.65 Å². The minimum Gasteiger partial charge on any atom is -0.279 e. The van der Waals surface area contributed by atoms with Crippen LogP contribution in [0.2, 0.25) is 0 Å². The minimum atomic E-state index is -5.84. The molecular weight excluding hydrogens is 265 g/mol. The van der Waals surface area contributed by atoms with Gasteiger partial charge in [0.2, 0.25) is 0 Å². The average molecular weight is 270 g/mol. The average Bonchev–Trinajstić information content (AvgIpc) is 2.62. The Morgan fingerprint density at radius 1 is 1.29 bits per heavy atom. The summed E-state index contributed by atoms with van der Waals surface area (Å²) in [5, 5.41) is 6.52. The molecule has 0 atom stereocenters. The van der Waals surface area contributed by atoms with Gasteiger partial charge in [-0.25, -0.2) is 9.97 Å². The van der Waals surface area contributed by atoms with Crippen LogP contribution in [0, 0.1) is 0 Å². The lowest BCUT2D eigenvalue weighted by atomic mass is 10.5. The normalized spacial score (nSPS) is 12.0. The first kappa shape index (κ1) is 13.3. The van der Waals surface area contributed by atoms with Gasteiger partial charge in [0.1, 0.15) is 17.4 Å². The molecule has 2 rings (SSSR count). The highest BCUT2D eigenvalue weighted by molar-refractivity contribution is 7.86. The van der Waals surface area contributed by atoms with Crippen LogP contribution in [-0.2, 0) is 10.1 Å². The van der Waals surface area contributed by atoms with Gasteiger partial charge in [0.05, 0.1) is 12.4 Å². The van der Waals surface area contributed by atoms with E-state index < -0.39 is 15.6 Å². The molecule has 0 unspecified atom stereocenters. The van der Waals surface area contributed by atoms with E-state index in [2.05, 4.69) is 20.2 Å². The molecule has 0 bridgehead atoms. The van der Waals surface area contributed by atoms with Gasteiger partial charge in [0, 0.05) is 0 Å². The molecule has 2 heterocycles. The number of aromatic nitrogens is 4. The van der Waals surface area contributed by atoms with Crippen LogP contribution in [0.3, 0.4) is 0 Å². The maximum absolute atomic E-state index is 10.7. The predicted molar refractivity (Wildman–Crippen MR) is 49.3 cm³/mol. The number of H-pyrrole nitrogens is 1. The van der Waals surface area contributed by atoms with Crippen molar-refractivity contribution in [2.24, 2.45) is 0 Å². The lowest BCUT2D eigenvalue weighted by molar-refractivity contribution is -0.0510. The second-order valence-corrected chi connectivity index (χ2v) is 4.03. The van der Waals surface area contributed by atoms with Crippen LogP contribution in [0.4, 0.5) is 13.2 Å². The van der Waals surface area contributed by atoms with E-state index in [0.717, 1.165) is 11.0 Å². The second kappa shape index (κ2) is 4.63. The Morgan fingerprint density at radius 3 is 2.35 bits per heavy atom. The van der Waals surface area contributed by atoms with Gasteiger partial charge in [-0.1, -0.05) is 0 Å². The molecule has 0 radical (unpaired) electrons. The molecule has 17 heavy (non-hydrogen) atoms. The number of fused-ring (bicyclic) bond motifs is 1. The van der Waals surface area contributed by atoms with E-state index in [1.807, 2.05) is 0 Å². The molecule has 2 N–H and O–H groups in total. The van der Waals surface area contributed by atoms with Crippen molar-refractivity contribution in [3.05, 3.63) is 18.7 Å². The Hall–Kier alpha value is -1.75. The van der Waals surface area contributed by atoms with Gasteiger partial charge < -0.3 is 0 Å². The number of aromatic amines is 1. The molecule has 0 aliphatic heterocycles. The van der Waals surface area contributed by atoms with E-state index in [4.69, 9.17) is 13.0 Å². The van der Waals surface area contributed by atoms with Crippen LogP contribution in [0.5, 0.6) is 0 Å². The number of halogens is 3. The van der Waals surface area contributed by atoms with Gasteiger partial charge in [0.25, 0.3) is 0 Å². The molecule has 2 aromatic rings. The predicted octanol–water partition coefficient (Wildman–Crippen LogP) is 0.747. The fraction of sp³-hybridized carbons (Fsp3) is 0.167. The standard InChI is InChI=1S/C5H4N4.CHF3O3S/c1-5-4(2-8-9-5)7-3-6-1;2-1(3,4)8(5,6)7/h1-3H,(H,8,9);(H,5,6,7). The highest BCUT2D eigenvalue weighted by Gasteiger charge is 2.44. The van der Waals surface area contributed by atoms with Crippen LogP contribution in [0.25, 0.3) is 11.0 Å². The zero-order chi connectivity index (χ0) is 13.1. The highest BCUT2D eigenvalue weighted by Crippen LogP contribution is 2.20. The first-order chi connectivity index (χ1) is 7.72. The molecule has 0 aromatic carbocycles. The lowest BCUT2D eigenvalue weighted by Crippen LogP contribution is -2.21. The van der Waals surface area contributed by atoms with Gasteiger partial charge in [-0.05, 0) is 0 Å². The summed E-state index contributed by atoms with van der Waals surface area (Å²) < 4.78 is 57.5. The van der Waals surface area contributed by atoms with Gasteiger partial charge in [-0.15, -0.1) is 0 Å². The van der Waals surface area contributed by atoms with Crippen LogP contribution < -0.4 is 0 Å². The van der Waals surface area contributed by atoms with Gasteiger partial charge in [0.15, 0.2) is 0 Å². The SMILES string of the molecule is O=S(=O)(O)C(F)(F)F.c1ncc2[nH]ncc2n1. The molecule has 7 nitrogen and oxygen atoms in total. The Labute approximate surface area is 92.4 Å². The molecule has 0 spiro atoms. The summed E-state index contributed by atoms with van der Waals surface area (Å²) in [5.74, 6) is 0. The summed E-state index contributed by atoms with van der Waals surface area (Å²) in [6.45, 7) is 0. The fourth-order valence-electron chi connectivity index (χ4n) is 0.691. The molecule has 0 saturated heterocycles. The van der Waals surface area contributed by atoms with Crippen LogP contribution in [-0.4, -0.2) is 38.6 Å². The zero-order valence-electron chi connectivity index (χ0n) is 7.88. The Balaban J connectivity index is 0.000000172. The summed E-state index contributed by atoms with van der Waals surface area (Å²) in [5.41, 5.74) is -3.81. The van der Waals surface area contributed by atoms with E-state index in [1.165, 1.54) is 6.33 Å². The summed E-state index contributed by atoms with van der Waals surface area (Å²) in [6.07, 6.45) is 4.85. The number of alkyl halides is 3. The smallest absolute Gasteiger partial charge is 0.279 e. The number of nitrogens with zero attached hydrogens (tertiary/aromatic N) is 3. The first-order valence-corrected chi connectivity index (χ1v) is 5.28. The first-order valence-electron chi connectivity index (χ1n) is 3.84. The quantitative estimate of drug-likeness (QED) is 0.540. The third kappa shape index (κ3) is 3.64. The molecular formula is C6H5F3N4O3S. The van der Waals surface area contributed by atoms with Crippen molar-refractivity contribution < 1.29 is 26.1 Å². The molecule has 2 aromatic heterocycles. The van der Waals surface area contributed by atoms with Crippen molar-refractivity contribution in [3.8, 4) is 0 Å². The summed E-state index contributed by atoms with van der Waals surface area (Å²) >= 11 is 0. The minimum absolute atomic E-state index is 0.852. The molecule has 0 aliphatic carbocycles. The Kier molecular flexibility index (Phi) is 3.63. The maximum atomic E-state index is 10.7. The summed E-state index contributed by atoms with van der Waals surface area (Å²) in [4.78, 5) is 7.74. The molecule has 0 fully saturated rings. The monoisotopic (exact) mass is 270 g/mol.